The monoisotopic (exact) mass is 255 g/mol. The molecule has 1 heterocycles. The number of pyridine rings is 1. The van der Waals surface area contributed by atoms with Crippen LogP contribution < -0.4 is 5.32 Å². The predicted octanol–water partition coefficient (Wildman–Crippen LogP) is 2.94. The van der Waals surface area contributed by atoms with Crippen LogP contribution in [0.1, 0.15) is 29.7 Å². The van der Waals surface area contributed by atoms with Gasteiger partial charge in [-0.3, -0.25) is 4.98 Å². The van der Waals surface area contributed by atoms with E-state index in [1.807, 2.05) is 25.1 Å². The molecular formula is C15H14FN3. The van der Waals surface area contributed by atoms with Crippen molar-refractivity contribution >= 4 is 0 Å². The molecule has 3 nitrogen and oxygen atoms in total. The van der Waals surface area contributed by atoms with Gasteiger partial charge in [0, 0.05) is 30.5 Å². The van der Waals surface area contributed by atoms with E-state index in [-0.39, 0.29) is 11.6 Å². The second kappa shape index (κ2) is 6.07. The fourth-order valence-electron chi connectivity index (χ4n) is 1.82. The second-order valence-electron chi connectivity index (χ2n) is 4.28. The third kappa shape index (κ3) is 3.15. The first-order valence-corrected chi connectivity index (χ1v) is 6.03. The van der Waals surface area contributed by atoms with Crippen LogP contribution in [0.25, 0.3) is 0 Å². The zero-order valence-corrected chi connectivity index (χ0v) is 10.6. The highest BCUT2D eigenvalue weighted by Gasteiger charge is 2.09. The molecule has 0 radical (unpaired) electrons. The molecule has 96 valence electrons. The minimum absolute atomic E-state index is 0.0684. The lowest BCUT2D eigenvalue weighted by Crippen LogP contribution is -2.19. The van der Waals surface area contributed by atoms with Crippen molar-refractivity contribution in [2.45, 2.75) is 19.5 Å². The molecule has 0 fully saturated rings. The Morgan fingerprint density at radius 2 is 2.21 bits per heavy atom. The number of benzene rings is 1. The van der Waals surface area contributed by atoms with Crippen molar-refractivity contribution < 1.29 is 4.39 Å². The van der Waals surface area contributed by atoms with Crippen LogP contribution in [0.5, 0.6) is 0 Å². The van der Waals surface area contributed by atoms with Gasteiger partial charge in [-0.1, -0.05) is 18.2 Å². The Hall–Kier alpha value is -2.25. The fourth-order valence-corrected chi connectivity index (χ4v) is 1.82. The van der Waals surface area contributed by atoms with Crippen molar-refractivity contribution in [2.24, 2.45) is 0 Å². The van der Waals surface area contributed by atoms with Gasteiger partial charge in [-0.05, 0) is 24.6 Å². The molecule has 4 heteroatoms. The van der Waals surface area contributed by atoms with Crippen LogP contribution in [0.4, 0.5) is 4.39 Å². The molecule has 0 aliphatic carbocycles. The van der Waals surface area contributed by atoms with Gasteiger partial charge in [0.2, 0.25) is 0 Å². The number of hydrogen-bond acceptors (Lipinski definition) is 3. The van der Waals surface area contributed by atoms with Crippen LogP contribution in [0, 0.1) is 17.1 Å². The number of rotatable bonds is 4. The summed E-state index contributed by atoms with van der Waals surface area (Å²) in [5.74, 6) is -0.448. The molecule has 1 aromatic carbocycles. The van der Waals surface area contributed by atoms with Crippen molar-refractivity contribution in [3.8, 4) is 6.07 Å². The van der Waals surface area contributed by atoms with Crippen molar-refractivity contribution in [3.63, 3.8) is 0 Å². The molecule has 2 aromatic rings. The maximum Gasteiger partial charge on any atom is 0.145 e. The standard InChI is InChI=1S/C15H14FN3/c1-11(13-6-3-7-18-9-13)19-10-14-5-2-4-12(8-17)15(14)16/h2-7,9,11,19H,10H2,1H3. The van der Waals surface area contributed by atoms with Crippen LogP contribution in [0.15, 0.2) is 42.7 Å². The lowest BCUT2D eigenvalue weighted by atomic mass is 10.1. The van der Waals surface area contributed by atoms with Crippen molar-refractivity contribution in [3.05, 3.63) is 65.2 Å². The second-order valence-corrected chi connectivity index (χ2v) is 4.28. The molecule has 0 spiro atoms. The quantitative estimate of drug-likeness (QED) is 0.913. The van der Waals surface area contributed by atoms with Gasteiger partial charge in [-0.2, -0.15) is 5.26 Å². The molecule has 0 aliphatic heterocycles. The highest BCUT2D eigenvalue weighted by molar-refractivity contribution is 5.35. The van der Waals surface area contributed by atoms with E-state index in [1.165, 1.54) is 6.07 Å². The molecule has 19 heavy (non-hydrogen) atoms. The smallest absolute Gasteiger partial charge is 0.145 e. The number of nitriles is 1. The molecule has 0 saturated heterocycles. The number of aromatic nitrogens is 1. The Kier molecular flexibility index (Phi) is 4.22. The van der Waals surface area contributed by atoms with Gasteiger partial charge in [0.1, 0.15) is 11.9 Å². The molecule has 0 bridgehead atoms. The number of nitrogens with zero attached hydrogens (tertiary/aromatic N) is 2. The summed E-state index contributed by atoms with van der Waals surface area (Å²) >= 11 is 0. The van der Waals surface area contributed by atoms with E-state index < -0.39 is 5.82 Å². The van der Waals surface area contributed by atoms with Crippen LogP contribution >= 0.6 is 0 Å². The van der Waals surface area contributed by atoms with Gasteiger partial charge >= 0.3 is 0 Å². The van der Waals surface area contributed by atoms with Crippen molar-refractivity contribution in [1.82, 2.24) is 10.3 Å². The normalized spacial score (nSPS) is 11.8. The minimum atomic E-state index is -0.448. The predicted molar refractivity (Wildman–Crippen MR) is 70.6 cm³/mol. The van der Waals surface area contributed by atoms with E-state index in [0.717, 1.165) is 5.56 Å². The molecule has 1 atom stereocenters. The van der Waals surface area contributed by atoms with Crippen LogP contribution in [-0.4, -0.2) is 4.98 Å². The Bertz CT molecular complexity index is 590. The zero-order chi connectivity index (χ0) is 13.7. The zero-order valence-electron chi connectivity index (χ0n) is 10.6. The number of hydrogen-bond donors (Lipinski definition) is 1. The average Bonchev–Trinajstić information content (AvgIpc) is 2.47. The van der Waals surface area contributed by atoms with E-state index in [2.05, 4.69) is 10.3 Å². The third-order valence-electron chi connectivity index (χ3n) is 2.98. The van der Waals surface area contributed by atoms with Gasteiger partial charge in [0.15, 0.2) is 0 Å². The highest BCUT2D eigenvalue weighted by atomic mass is 19.1. The topological polar surface area (TPSA) is 48.7 Å². The maximum absolute atomic E-state index is 13.9. The first kappa shape index (κ1) is 13.2. The van der Waals surface area contributed by atoms with E-state index in [9.17, 15) is 4.39 Å². The van der Waals surface area contributed by atoms with E-state index in [4.69, 9.17) is 5.26 Å². The molecule has 1 unspecified atom stereocenters. The average molecular weight is 255 g/mol. The Morgan fingerprint density at radius 1 is 1.37 bits per heavy atom. The van der Waals surface area contributed by atoms with Crippen LogP contribution in [0.3, 0.4) is 0 Å². The third-order valence-corrected chi connectivity index (χ3v) is 2.98. The molecular weight excluding hydrogens is 241 g/mol. The van der Waals surface area contributed by atoms with Gasteiger partial charge in [0.25, 0.3) is 0 Å². The summed E-state index contributed by atoms with van der Waals surface area (Å²) < 4.78 is 13.9. The Labute approximate surface area is 111 Å². The maximum atomic E-state index is 13.9. The van der Waals surface area contributed by atoms with E-state index in [0.29, 0.717) is 12.1 Å². The lowest BCUT2D eigenvalue weighted by Gasteiger charge is -2.14. The Morgan fingerprint density at radius 3 is 2.89 bits per heavy atom. The summed E-state index contributed by atoms with van der Waals surface area (Å²) in [6.07, 6.45) is 3.49. The summed E-state index contributed by atoms with van der Waals surface area (Å²) in [4.78, 5) is 4.05. The fraction of sp³-hybridized carbons (Fsp3) is 0.200. The summed E-state index contributed by atoms with van der Waals surface area (Å²) in [6, 6.07) is 10.6. The first-order chi connectivity index (χ1) is 9.22. The van der Waals surface area contributed by atoms with Crippen LogP contribution in [0.2, 0.25) is 0 Å². The van der Waals surface area contributed by atoms with Crippen molar-refractivity contribution in [1.29, 1.82) is 5.26 Å². The summed E-state index contributed by atoms with van der Waals surface area (Å²) in [5, 5.41) is 12.0. The SMILES string of the molecule is CC(NCc1cccc(C#N)c1F)c1cccnc1. The molecule has 1 aromatic heterocycles. The van der Waals surface area contributed by atoms with Gasteiger partial charge in [-0.25, -0.2) is 4.39 Å². The van der Waals surface area contributed by atoms with Crippen LogP contribution in [-0.2, 0) is 6.54 Å². The molecule has 2 rings (SSSR count). The van der Waals surface area contributed by atoms with Gasteiger partial charge in [0.05, 0.1) is 5.56 Å². The minimum Gasteiger partial charge on any atom is -0.306 e. The Balaban J connectivity index is 2.06. The first-order valence-electron chi connectivity index (χ1n) is 6.03. The molecule has 0 saturated carbocycles. The number of halogens is 1. The highest BCUT2D eigenvalue weighted by Crippen LogP contribution is 2.15. The molecule has 0 aliphatic rings. The van der Waals surface area contributed by atoms with E-state index in [1.54, 1.807) is 24.5 Å². The van der Waals surface area contributed by atoms with E-state index >= 15 is 0 Å². The lowest BCUT2D eigenvalue weighted by molar-refractivity contribution is 0.542. The largest absolute Gasteiger partial charge is 0.306 e. The molecule has 0 amide bonds. The summed E-state index contributed by atoms with van der Waals surface area (Å²) in [7, 11) is 0. The summed E-state index contributed by atoms with van der Waals surface area (Å²) in [5.41, 5.74) is 1.61. The summed E-state index contributed by atoms with van der Waals surface area (Å²) in [6.45, 7) is 2.36. The molecule has 1 N–H and O–H groups in total. The van der Waals surface area contributed by atoms with Gasteiger partial charge in [-0.15, -0.1) is 0 Å². The number of nitrogens with one attached hydrogen (secondary N) is 1. The van der Waals surface area contributed by atoms with Crippen molar-refractivity contribution in [2.75, 3.05) is 0 Å². The van der Waals surface area contributed by atoms with Gasteiger partial charge < -0.3 is 5.32 Å².